The Morgan fingerprint density at radius 2 is 1.85 bits per heavy atom. The van der Waals surface area contributed by atoms with Gasteiger partial charge in [0.05, 0.1) is 16.3 Å². The van der Waals surface area contributed by atoms with Crippen LogP contribution in [0.25, 0.3) is 11.8 Å². The SMILES string of the molecule is O=c1/c(=C\c2ccccc2OCc2ccc(Cl)cc2Cl)sc2n1[C@H](c1cccs1)C1=C(N=2)c2ccccc2CC1. The van der Waals surface area contributed by atoms with E-state index >= 15 is 0 Å². The summed E-state index contributed by atoms with van der Waals surface area (Å²) in [6.07, 6.45) is 3.73. The summed E-state index contributed by atoms with van der Waals surface area (Å²) >= 11 is 15.5. The Labute approximate surface area is 248 Å². The van der Waals surface area contributed by atoms with Gasteiger partial charge < -0.3 is 4.74 Å². The summed E-state index contributed by atoms with van der Waals surface area (Å²) in [6.45, 7) is 0.284. The Morgan fingerprint density at radius 1 is 1.00 bits per heavy atom. The zero-order chi connectivity index (χ0) is 27.2. The van der Waals surface area contributed by atoms with Crippen LogP contribution >= 0.6 is 45.9 Å². The zero-order valence-electron chi connectivity index (χ0n) is 21.1. The van der Waals surface area contributed by atoms with Crippen molar-refractivity contribution >= 4 is 57.6 Å². The second kappa shape index (κ2) is 10.5. The predicted molar refractivity (Wildman–Crippen MR) is 164 cm³/mol. The minimum absolute atomic E-state index is 0.0388. The van der Waals surface area contributed by atoms with E-state index in [9.17, 15) is 4.79 Å². The summed E-state index contributed by atoms with van der Waals surface area (Å²) in [7, 11) is 0. The molecule has 8 heteroatoms. The molecule has 1 aliphatic heterocycles. The molecule has 0 spiro atoms. The number of aryl methyl sites for hydroxylation is 1. The number of hydrogen-bond acceptors (Lipinski definition) is 5. The van der Waals surface area contributed by atoms with Gasteiger partial charge >= 0.3 is 0 Å². The number of allylic oxidation sites excluding steroid dienone is 1. The Kier molecular flexibility index (Phi) is 6.72. The number of halogens is 2. The molecule has 0 bridgehead atoms. The van der Waals surface area contributed by atoms with Crippen molar-refractivity contribution in [2.75, 3.05) is 0 Å². The molecule has 3 heterocycles. The molecule has 7 rings (SSSR count). The maximum atomic E-state index is 14.0. The molecule has 2 aliphatic rings. The Morgan fingerprint density at radius 3 is 2.70 bits per heavy atom. The second-order valence-corrected chi connectivity index (χ2v) is 12.5. The van der Waals surface area contributed by atoms with Gasteiger partial charge in [-0.1, -0.05) is 89.1 Å². The molecule has 0 amide bonds. The molecule has 1 aliphatic carbocycles. The van der Waals surface area contributed by atoms with Crippen molar-refractivity contribution in [1.82, 2.24) is 4.57 Å². The van der Waals surface area contributed by atoms with Crippen molar-refractivity contribution in [2.24, 2.45) is 4.99 Å². The van der Waals surface area contributed by atoms with Gasteiger partial charge in [0.1, 0.15) is 12.4 Å². The lowest BCUT2D eigenvalue weighted by Gasteiger charge is -2.30. The third kappa shape index (κ3) is 4.55. The highest BCUT2D eigenvalue weighted by Gasteiger charge is 2.33. The number of para-hydroxylation sites is 1. The van der Waals surface area contributed by atoms with E-state index in [2.05, 4.69) is 35.7 Å². The van der Waals surface area contributed by atoms with Crippen LogP contribution in [0.1, 0.15) is 39.6 Å². The maximum absolute atomic E-state index is 14.0. The van der Waals surface area contributed by atoms with Gasteiger partial charge in [0, 0.05) is 31.6 Å². The standard InChI is InChI=1S/C32H22Cl2N2O2S2/c33-22-13-11-21(25(34)17-22)18-38-26-9-4-2-7-20(26)16-28-31(37)36-30(27-10-5-15-39-27)24-14-12-19-6-1-3-8-23(19)29(24)35-32(36)40-28/h1-11,13,15-17,30H,12,14,18H2/b28-16+/t30-/m0/s1. The molecular weight excluding hydrogens is 579 g/mol. The van der Waals surface area contributed by atoms with Gasteiger partial charge in [0.2, 0.25) is 0 Å². The lowest BCUT2D eigenvalue weighted by Crippen LogP contribution is -2.38. The number of thiazole rings is 1. The normalized spacial score (nSPS) is 16.2. The molecule has 0 saturated heterocycles. The van der Waals surface area contributed by atoms with E-state index in [0.717, 1.165) is 39.3 Å². The van der Waals surface area contributed by atoms with Crippen LogP contribution in [-0.2, 0) is 13.0 Å². The van der Waals surface area contributed by atoms with Crippen LogP contribution in [0.3, 0.4) is 0 Å². The molecule has 40 heavy (non-hydrogen) atoms. The first-order valence-electron chi connectivity index (χ1n) is 12.9. The van der Waals surface area contributed by atoms with Crippen LogP contribution in [0.4, 0.5) is 0 Å². The molecule has 2 aromatic heterocycles. The average molecular weight is 602 g/mol. The van der Waals surface area contributed by atoms with Gasteiger partial charge in [-0.25, -0.2) is 4.99 Å². The van der Waals surface area contributed by atoms with Crippen LogP contribution < -0.4 is 19.6 Å². The first-order valence-corrected chi connectivity index (χ1v) is 15.3. The van der Waals surface area contributed by atoms with E-state index < -0.39 is 0 Å². The highest BCUT2D eigenvalue weighted by molar-refractivity contribution is 7.10. The summed E-state index contributed by atoms with van der Waals surface area (Å²) in [6, 6.07) is 25.5. The van der Waals surface area contributed by atoms with E-state index in [1.54, 1.807) is 23.5 Å². The molecule has 0 unspecified atom stereocenters. The van der Waals surface area contributed by atoms with Crippen LogP contribution in [0.2, 0.25) is 10.0 Å². The number of hydrogen-bond donors (Lipinski definition) is 0. The molecule has 1 atom stereocenters. The van der Waals surface area contributed by atoms with Crippen molar-refractivity contribution in [2.45, 2.75) is 25.5 Å². The highest BCUT2D eigenvalue weighted by atomic mass is 35.5. The summed E-state index contributed by atoms with van der Waals surface area (Å²) in [5.74, 6) is 0.669. The third-order valence-electron chi connectivity index (χ3n) is 7.29. The fraction of sp³-hybridized carbons (Fsp3) is 0.125. The number of benzene rings is 3. The monoisotopic (exact) mass is 600 g/mol. The maximum Gasteiger partial charge on any atom is 0.271 e. The molecule has 4 nitrogen and oxygen atoms in total. The van der Waals surface area contributed by atoms with E-state index in [0.29, 0.717) is 20.3 Å². The fourth-order valence-corrected chi connectivity index (χ4v) is 7.69. The molecule has 198 valence electrons. The Bertz CT molecular complexity index is 1970. The van der Waals surface area contributed by atoms with Crippen molar-refractivity contribution in [3.63, 3.8) is 0 Å². The van der Waals surface area contributed by atoms with E-state index in [1.165, 1.54) is 28.0 Å². The zero-order valence-corrected chi connectivity index (χ0v) is 24.3. The van der Waals surface area contributed by atoms with Gasteiger partial charge in [0.25, 0.3) is 5.56 Å². The average Bonchev–Trinajstić information content (AvgIpc) is 3.60. The Balaban J connectivity index is 1.33. The molecule has 5 aromatic rings. The van der Waals surface area contributed by atoms with Gasteiger partial charge in [-0.05, 0) is 59.7 Å². The number of nitrogens with zero attached hydrogens (tertiary/aromatic N) is 2. The van der Waals surface area contributed by atoms with Gasteiger partial charge in [-0.15, -0.1) is 11.3 Å². The minimum Gasteiger partial charge on any atom is -0.488 e. The first-order chi connectivity index (χ1) is 19.6. The fourth-order valence-electron chi connectivity index (χ4n) is 5.38. The van der Waals surface area contributed by atoms with Crippen LogP contribution in [0.5, 0.6) is 5.75 Å². The number of fused-ring (bicyclic) bond motifs is 3. The number of thiophene rings is 1. The first kappa shape index (κ1) is 25.5. The lowest BCUT2D eigenvalue weighted by molar-refractivity contribution is 0.305. The van der Waals surface area contributed by atoms with Crippen LogP contribution in [0, 0.1) is 0 Å². The molecule has 0 radical (unpaired) electrons. The second-order valence-electron chi connectivity index (χ2n) is 9.69. The minimum atomic E-state index is -0.153. The molecule has 3 aromatic carbocycles. The van der Waals surface area contributed by atoms with E-state index in [-0.39, 0.29) is 18.2 Å². The topological polar surface area (TPSA) is 43.6 Å². The summed E-state index contributed by atoms with van der Waals surface area (Å²) in [4.78, 5) is 21.0. The summed E-state index contributed by atoms with van der Waals surface area (Å²) in [5.41, 5.74) is 6.31. The number of ether oxygens (including phenoxy) is 1. The van der Waals surface area contributed by atoms with Crippen molar-refractivity contribution in [3.8, 4) is 5.75 Å². The summed E-state index contributed by atoms with van der Waals surface area (Å²) in [5, 5.41) is 3.20. The van der Waals surface area contributed by atoms with Crippen molar-refractivity contribution in [3.05, 3.63) is 147 Å². The van der Waals surface area contributed by atoms with Crippen molar-refractivity contribution < 1.29 is 4.74 Å². The van der Waals surface area contributed by atoms with Gasteiger partial charge in [-0.2, -0.15) is 0 Å². The summed E-state index contributed by atoms with van der Waals surface area (Å²) < 4.78 is 8.66. The number of aromatic nitrogens is 1. The van der Waals surface area contributed by atoms with Crippen LogP contribution in [-0.4, -0.2) is 4.57 Å². The Hall–Kier alpha value is -3.42. The highest BCUT2D eigenvalue weighted by Crippen LogP contribution is 2.42. The largest absolute Gasteiger partial charge is 0.488 e. The number of rotatable bonds is 5. The van der Waals surface area contributed by atoms with Crippen molar-refractivity contribution in [1.29, 1.82) is 0 Å². The molecular formula is C32H22Cl2N2O2S2. The quantitative estimate of drug-likeness (QED) is 0.213. The predicted octanol–water partition coefficient (Wildman–Crippen LogP) is 7.27. The molecule has 0 N–H and O–H groups in total. The molecule has 0 fully saturated rings. The molecule has 0 saturated carbocycles. The van der Waals surface area contributed by atoms with E-state index in [1.807, 2.05) is 47.0 Å². The van der Waals surface area contributed by atoms with Gasteiger partial charge in [0.15, 0.2) is 4.80 Å². The smallest absolute Gasteiger partial charge is 0.271 e. The van der Waals surface area contributed by atoms with Crippen LogP contribution in [0.15, 0.2) is 99.6 Å². The lowest BCUT2D eigenvalue weighted by atomic mass is 9.85. The third-order valence-corrected chi connectivity index (χ3v) is 9.78. The van der Waals surface area contributed by atoms with E-state index in [4.69, 9.17) is 32.9 Å². The van der Waals surface area contributed by atoms with Gasteiger partial charge in [-0.3, -0.25) is 9.36 Å².